The monoisotopic (exact) mass is 253 g/mol. The second-order valence-electron chi connectivity index (χ2n) is 3.44. The van der Waals surface area contributed by atoms with Crippen LogP contribution in [0.25, 0.3) is 0 Å². The van der Waals surface area contributed by atoms with E-state index in [1.807, 2.05) is 16.8 Å². The Kier molecular flexibility index (Phi) is 3.49. The van der Waals surface area contributed by atoms with E-state index in [9.17, 15) is 13.6 Å². The van der Waals surface area contributed by atoms with E-state index in [0.717, 1.165) is 17.7 Å². The molecule has 0 aliphatic rings. The van der Waals surface area contributed by atoms with Crippen LogP contribution in [0.4, 0.5) is 8.78 Å². The number of nitrogens with one attached hydrogen (secondary N) is 1. The number of carbonyl (C=O) groups excluding carboxylic acids is 1. The first-order chi connectivity index (χ1) is 8.16. The highest BCUT2D eigenvalue weighted by atomic mass is 32.1. The van der Waals surface area contributed by atoms with Crippen LogP contribution in [0.5, 0.6) is 0 Å². The van der Waals surface area contributed by atoms with E-state index in [4.69, 9.17) is 0 Å². The zero-order valence-corrected chi connectivity index (χ0v) is 9.56. The summed E-state index contributed by atoms with van der Waals surface area (Å²) in [5.41, 5.74) is 0.799. The SMILES string of the molecule is O=C(NCc1ccsc1)c1ccc(F)cc1F. The number of amides is 1. The Morgan fingerprint density at radius 2 is 2.12 bits per heavy atom. The molecular formula is C12H9F2NOS. The summed E-state index contributed by atoms with van der Waals surface area (Å²) in [5, 5.41) is 6.35. The highest BCUT2D eigenvalue weighted by Crippen LogP contribution is 2.10. The molecule has 0 fully saturated rings. The molecule has 0 aliphatic heterocycles. The fraction of sp³-hybridized carbons (Fsp3) is 0.0833. The van der Waals surface area contributed by atoms with Crippen LogP contribution in [0, 0.1) is 11.6 Å². The molecule has 1 N–H and O–H groups in total. The normalized spacial score (nSPS) is 10.2. The lowest BCUT2D eigenvalue weighted by Crippen LogP contribution is -2.23. The predicted molar refractivity (Wildman–Crippen MR) is 61.8 cm³/mol. The second-order valence-corrected chi connectivity index (χ2v) is 4.22. The molecular weight excluding hydrogens is 244 g/mol. The van der Waals surface area contributed by atoms with Gasteiger partial charge in [-0.25, -0.2) is 8.78 Å². The van der Waals surface area contributed by atoms with Crippen molar-refractivity contribution < 1.29 is 13.6 Å². The maximum absolute atomic E-state index is 13.3. The van der Waals surface area contributed by atoms with Gasteiger partial charge in [-0.05, 0) is 34.5 Å². The molecule has 2 nitrogen and oxygen atoms in total. The molecule has 1 aromatic heterocycles. The summed E-state index contributed by atoms with van der Waals surface area (Å²) < 4.78 is 25.9. The molecule has 5 heteroatoms. The maximum Gasteiger partial charge on any atom is 0.254 e. The molecule has 0 saturated carbocycles. The predicted octanol–water partition coefficient (Wildman–Crippen LogP) is 2.96. The van der Waals surface area contributed by atoms with Gasteiger partial charge in [0, 0.05) is 12.6 Å². The van der Waals surface area contributed by atoms with E-state index in [2.05, 4.69) is 5.32 Å². The van der Waals surface area contributed by atoms with Gasteiger partial charge in [0.05, 0.1) is 5.56 Å². The van der Waals surface area contributed by atoms with Crippen molar-refractivity contribution in [3.05, 3.63) is 57.8 Å². The van der Waals surface area contributed by atoms with Gasteiger partial charge in [0.15, 0.2) is 0 Å². The molecule has 0 aliphatic carbocycles. The zero-order valence-electron chi connectivity index (χ0n) is 8.74. The summed E-state index contributed by atoms with van der Waals surface area (Å²) in [7, 11) is 0. The van der Waals surface area contributed by atoms with Gasteiger partial charge < -0.3 is 5.32 Å². The Balaban J connectivity index is 2.04. The molecule has 2 aromatic rings. The highest BCUT2D eigenvalue weighted by Gasteiger charge is 2.11. The molecule has 1 heterocycles. The molecule has 0 spiro atoms. The van der Waals surface area contributed by atoms with Crippen molar-refractivity contribution in [2.24, 2.45) is 0 Å². The summed E-state index contributed by atoms with van der Waals surface area (Å²) in [6.45, 7) is 0.332. The molecule has 1 amide bonds. The van der Waals surface area contributed by atoms with Crippen LogP contribution in [-0.2, 0) is 6.54 Å². The van der Waals surface area contributed by atoms with Gasteiger partial charge in [0.2, 0.25) is 0 Å². The van der Waals surface area contributed by atoms with Crippen LogP contribution in [0.1, 0.15) is 15.9 Å². The number of thiophene rings is 1. The second kappa shape index (κ2) is 5.05. The minimum absolute atomic E-state index is 0.151. The molecule has 2 rings (SSSR count). The topological polar surface area (TPSA) is 29.1 Å². The van der Waals surface area contributed by atoms with Crippen molar-refractivity contribution in [2.45, 2.75) is 6.54 Å². The molecule has 88 valence electrons. The summed E-state index contributed by atoms with van der Waals surface area (Å²) in [6, 6.07) is 4.75. The molecule has 17 heavy (non-hydrogen) atoms. The van der Waals surface area contributed by atoms with Crippen LogP contribution in [0.15, 0.2) is 35.0 Å². The summed E-state index contributed by atoms with van der Waals surface area (Å²) in [5.74, 6) is -2.10. The van der Waals surface area contributed by atoms with Gasteiger partial charge in [-0.15, -0.1) is 0 Å². The Labute approximate surface area is 101 Å². The highest BCUT2D eigenvalue weighted by molar-refractivity contribution is 7.07. The Morgan fingerprint density at radius 1 is 1.29 bits per heavy atom. The van der Waals surface area contributed by atoms with E-state index < -0.39 is 17.5 Å². The lowest BCUT2D eigenvalue weighted by Gasteiger charge is -2.04. The van der Waals surface area contributed by atoms with Crippen molar-refractivity contribution in [3.63, 3.8) is 0 Å². The minimum atomic E-state index is -0.854. The minimum Gasteiger partial charge on any atom is -0.348 e. The first-order valence-electron chi connectivity index (χ1n) is 4.91. The third-order valence-corrected chi connectivity index (χ3v) is 2.94. The van der Waals surface area contributed by atoms with Gasteiger partial charge in [-0.3, -0.25) is 4.79 Å². The first-order valence-corrected chi connectivity index (χ1v) is 5.85. The van der Waals surface area contributed by atoms with E-state index in [1.165, 1.54) is 11.3 Å². The lowest BCUT2D eigenvalue weighted by molar-refractivity contribution is 0.0947. The average Bonchev–Trinajstić information content (AvgIpc) is 2.78. The van der Waals surface area contributed by atoms with Crippen LogP contribution in [-0.4, -0.2) is 5.91 Å². The van der Waals surface area contributed by atoms with Crippen molar-refractivity contribution >= 4 is 17.2 Å². The van der Waals surface area contributed by atoms with Crippen molar-refractivity contribution in [1.82, 2.24) is 5.32 Å². The smallest absolute Gasteiger partial charge is 0.254 e. The number of carbonyl (C=O) groups is 1. The van der Waals surface area contributed by atoms with E-state index in [1.54, 1.807) is 0 Å². The molecule has 1 aromatic carbocycles. The lowest BCUT2D eigenvalue weighted by atomic mass is 10.2. The van der Waals surface area contributed by atoms with Crippen LogP contribution in [0.2, 0.25) is 0 Å². The van der Waals surface area contributed by atoms with Gasteiger partial charge in [0.1, 0.15) is 11.6 Å². The summed E-state index contributed by atoms with van der Waals surface area (Å²) in [4.78, 5) is 11.6. The van der Waals surface area contributed by atoms with Gasteiger partial charge in [-0.2, -0.15) is 11.3 Å². The maximum atomic E-state index is 13.3. The average molecular weight is 253 g/mol. The molecule has 0 atom stereocenters. The fourth-order valence-electron chi connectivity index (χ4n) is 1.34. The third-order valence-electron chi connectivity index (χ3n) is 2.21. The number of rotatable bonds is 3. The molecule has 0 saturated heterocycles. The van der Waals surface area contributed by atoms with Gasteiger partial charge in [0.25, 0.3) is 5.91 Å². The molecule has 0 radical (unpaired) electrons. The summed E-state index contributed by atoms with van der Waals surface area (Å²) in [6.07, 6.45) is 0. The van der Waals surface area contributed by atoms with E-state index >= 15 is 0 Å². The van der Waals surface area contributed by atoms with Crippen LogP contribution in [0.3, 0.4) is 0 Å². The number of hydrogen-bond acceptors (Lipinski definition) is 2. The number of benzene rings is 1. The quantitative estimate of drug-likeness (QED) is 0.895. The van der Waals surface area contributed by atoms with Crippen LogP contribution < -0.4 is 5.32 Å². The molecule has 0 bridgehead atoms. The third kappa shape index (κ3) is 2.88. The van der Waals surface area contributed by atoms with E-state index in [-0.39, 0.29) is 5.56 Å². The Bertz CT molecular complexity index is 525. The summed E-state index contributed by atoms with van der Waals surface area (Å²) >= 11 is 1.52. The first kappa shape index (κ1) is 11.7. The van der Waals surface area contributed by atoms with Crippen molar-refractivity contribution in [2.75, 3.05) is 0 Å². The zero-order chi connectivity index (χ0) is 12.3. The Morgan fingerprint density at radius 3 is 2.76 bits per heavy atom. The van der Waals surface area contributed by atoms with Crippen molar-refractivity contribution in [1.29, 1.82) is 0 Å². The standard InChI is InChI=1S/C12H9F2NOS/c13-9-1-2-10(11(14)5-9)12(16)15-6-8-3-4-17-7-8/h1-5,7H,6H2,(H,15,16). The fourth-order valence-corrected chi connectivity index (χ4v) is 2.01. The molecule has 0 unspecified atom stereocenters. The largest absolute Gasteiger partial charge is 0.348 e. The number of halogens is 2. The Hall–Kier alpha value is -1.75. The van der Waals surface area contributed by atoms with E-state index in [0.29, 0.717) is 12.6 Å². The number of hydrogen-bond donors (Lipinski definition) is 1. The van der Waals surface area contributed by atoms with Gasteiger partial charge in [-0.1, -0.05) is 0 Å². The van der Waals surface area contributed by atoms with Crippen LogP contribution >= 0.6 is 11.3 Å². The van der Waals surface area contributed by atoms with Crippen molar-refractivity contribution in [3.8, 4) is 0 Å². The van der Waals surface area contributed by atoms with Gasteiger partial charge >= 0.3 is 0 Å².